The molecule has 0 spiro atoms. The monoisotopic (exact) mass is 260 g/mol. The Morgan fingerprint density at radius 3 is 2.00 bits per heavy atom. The standard InChI is InChI=1S/C17H25NO/c1-18(2)6-4-3-5-16(19)17-10-13-7-14(11-17)9-15(8-13)12-17/h3-6,13-15H,7-12H2,1-2H3/p+1/b5-3+,6-4+. The summed E-state index contributed by atoms with van der Waals surface area (Å²) in [7, 11) is 4.15. The molecule has 0 amide bonds. The lowest BCUT2D eigenvalue weighted by molar-refractivity contribution is -0.801. The van der Waals surface area contributed by atoms with E-state index < -0.39 is 0 Å². The van der Waals surface area contributed by atoms with Crippen molar-refractivity contribution < 1.29 is 9.69 Å². The van der Waals surface area contributed by atoms with E-state index in [0.717, 1.165) is 17.8 Å². The van der Waals surface area contributed by atoms with Crippen molar-refractivity contribution in [3.8, 4) is 0 Å². The van der Waals surface area contributed by atoms with E-state index in [-0.39, 0.29) is 5.41 Å². The van der Waals surface area contributed by atoms with Crippen LogP contribution in [0.1, 0.15) is 38.5 Å². The van der Waals surface area contributed by atoms with Crippen molar-refractivity contribution in [3.63, 3.8) is 0 Å². The number of hydrogen-bond donors (Lipinski definition) is 1. The Morgan fingerprint density at radius 2 is 1.53 bits per heavy atom. The predicted molar refractivity (Wildman–Crippen MR) is 76.7 cm³/mol. The van der Waals surface area contributed by atoms with Crippen LogP contribution < -0.4 is 4.90 Å². The van der Waals surface area contributed by atoms with Crippen molar-refractivity contribution in [2.24, 2.45) is 23.2 Å². The number of rotatable bonds is 4. The Balaban J connectivity index is 1.69. The largest absolute Gasteiger partial charge is 0.314 e. The molecule has 2 nitrogen and oxygen atoms in total. The van der Waals surface area contributed by atoms with E-state index in [1.165, 1.54) is 43.4 Å². The SMILES string of the molecule is C[NH+](C)/C=C/C=C/C(=O)C12CC3CC(CC(C3)C1)C2. The molecule has 1 N–H and O–H groups in total. The lowest BCUT2D eigenvalue weighted by atomic mass is 9.48. The molecular formula is C17H26NO+. The van der Waals surface area contributed by atoms with Crippen LogP contribution in [0, 0.1) is 23.2 Å². The van der Waals surface area contributed by atoms with E-state index in [1.54, 1.807) is 0 Å². The molecule has 0 atom stereocenters. The summed E-state index contributed by atoms with van der Waals surface area (Å²) in [5.74, 6) is 2.96. The van der Waals surface area contributed by atoms with Crippen LogP contribution in [0.3, 0.4) is 0 Å². The zero-order valence-electron chi connectivity index (χ0n) is 12.2. The fourth-order valence-electron chi connectivity index (χ4n) is 4.98. The van der Waals surface area contributed by atoms with Gasteiger partial charge in [0.25, 0.3) is 0 Å². The Morgan fingerprint density at radius 1 is 1.00 bits per heavy atom. The number of carbonyl (C=O) groups is 1. The average Bonchev–Trinajstić information content (AvgIpc) is 2.32. The summed E-state index contributed by atoms with van der Waals surface area (Å²) in [5.41, 5.74) is 0.0318. The zero-order valence-corrected chi connectivity index (χ0v) is 12.2. The number of allylic oxidation sites excluding steroid dienone is 3. The number of nitrogens with one attached hydrogen (secondary N) is 1. The molecule has 104 valence electrons. The highest BCUT2D eigenvalue weighted by molar-refractivity contribution is 5.95. The first-order chi connectivity index (χ1) is 9.07. The van der Waals surface area contributed by atoms with Gasteiger partial charge in [0, 0.05) is 5.41 Å². The van der Waals surface area contributed by atoms with E-state index >= 15 is 0 Å². The second-order valence-corrected chi connectivity index (χ2v) is 7.36. The van der Waals surface area contributed by atoms with Gasteiger partial charge in [-0.2, -0.15) is 0 Å². The zero-order chi connectivity index (χ0) is 13.5. The quantitative estimate of drug-likeness (QED) is 0.606. The van der Waals surface area contributed by atoms with Gasteiger partial charge >= 0.3 is 0 Å². The minimum Gasteiger partial charge on any atom is -0.314 e. The Labute approximate surface area is 116 Å². The number of carbonyl (C=O) groups excluding carboxylic acids is 1. The van der Waals surface area contributed by atoms with Gasteiger partial charge in [-0.15, -0.1) is 0 Å². The fourth-order valence-corrected chi connectivity index (χ4v) is 4.98. The second kappa shape index (κ2) is 4.90. The van der Waals surface area contributed by atoms with Gasteiger partial charge < -0.3 is 4.90 Å². The van der Waals surface area contributed by atoms with E-state index in [0.29, 0.717) is 5.78 Å². The Kier molecular flexibility index (Phi) is 3.38. The lowest BCUT2D eigenvalue weighted by Crippen LogP contribution is -3.00. The van der Waals surface area contributed by atoms with Crippen LogP contribution in [0.2, 0.25) is 0 Å². The maximum Gasteiger partial charge on any atom is 0.161 e. The summed E-state index contributed by atoms with van der Waals surface area (Å²) < 4.78 is 0. The van der Waals surface area contributed by atoms with Gasteiger partial charge in [-0.25, -0.2) is 0 Å². The first-order valence-corrected chi connectivity index (χ1v) is 7.77. The summed E-state index contributed by atoms with van der Waals surface area (Å²) in [6.45, 7) is 0. The Bertz CT molecular complexity index is 384. The first kappa shape index (κ1) is 13.1. The molecule has 0 radical (unpaired) electrons. The van der Waals surface area contributed by atoms with Crippen LogP contribution in [0.5, 0.6) is 0 Å². The third-order valence-corrected chi connectivity index (χ3v) is 5.35. The molecule has 4 rings (SSSR count). The van der Waals surface area contributed by atoms with E-state index in [1.807, 2.05) is 18.2 Å². The summed E-state index contributed by atoms with van der Waals surface area (Å²) >= 11 is 0. The van der Waals surface area contributed by atoms with Gasteiger partial charge in [0.15, 0.2) is 5.78 Å². The molecule has 4 aliphatic carbocycles. The highest BCUT2D eigenvalue weighted by Gasteiger charge is 2.53. The van der Waals surface area contributed by atoms with Crippen LogP contribution >= 0.6 is 0 Å². The fraction of sp³-hybridized carbons (Fsp3) is 0.706. The van der Waals surface area contributed by atoms with Gasteiger partial charge in [-0.3, -0.25) is 4.79 Å². The van der Waals surface area contributed by atoms with Crippen LogP contribution in [0.25, 0.3) is 0 Å². The van der Waals surface area contributed by atoms with E-state index in [9.17, 15) is 4.79 Å². The first-order valence-electron chi connectivity index (χ1n) is 7.77. The lowest BCUT2D eigenvalue weighted by Gasteiger charge is -2.55. The van der Waals surface area contributed by atoms with Crippen molar-refractivity contribution in [3.05, 3.63) is 24.4 Å². The predicted octanol–water partition coefficient (Wildman–Crippen LogP) is 1.99. The molecule has 0 unspecified atom stereocenters. The van der Waals surface area contributed by atoms with Crippen molar-refractivity contribution in [2.75, 3.05) is 14.1 Å². The highest BCUT2D eigenvalue weighted by Crippen LogP contribution is 2.60. The molecule has 0 aromatic carbocycles. The number of hydrogen-bond acceptors (Lipinski definition) is 1. The molecular weight excluding hydrogens is 234 g/mol. The minimum absolute atomic E-state index is 0.0318. The minimum atomic E-state index is 0.0318. The molecule has 4 aliphatic rings. The third-order valence-electron chi connectivity index (χ3n) is 5.35. The summed E-state index contributed by atoms with van der Waals surface area (Å²) in [6, 6.07) is 0. The maximum atomic E-state index is 12.6. The van der Waals surface area contributed by atoms with Crippen molar-refractivity contribution in [1.82, 2.24) is 0 Å². The van der Waals surface area contributed by atoms with Crippen molar-refractivity contribution >= 4 is 5.78 Å². The average molecular weight is 260 g/mol. The Hall–Kier alpha value is -0.890. The summed E-state index contributed by atoms with van der Waals surface area (Å²) in [4.78, 5) is 13.9. The van der Waals surface area contributed by atoms with Crippen molar-refractivity contribution in [1.29, 1.82) is 0 Å². The van der Waals surface area contributed by atoms with Gasteiger partial charge in [-0.1, -0.05) is 6.08 Å². The molecule has 0 aromatic heterocycles. The second-order valence-electron chi connectivity index (χ2n) is 7.36. The summed E-state index contributed by atoms with van der Waals surface area (Å²) in [5, 5.41) is 0. The van der Waals surface area contributed by atoms with Gasteiger partial charge in [0.1, 0.15) is 0 Å². The molecule has 0 heterocycles. The molecule has 4 saturated carbocycles. The van der Waals surface area contributed by atoms with Crippen LogP contribution in [-0.4, -0.2) is 19.9 Å². The van der Waals surface area contributed by atoms with E-state index in [4.69, 9.17) is 0 Å². The molecule has 4 bridgehead atoms. The molecule has 19 heavy (non-hydrogen) atoms. The molecule has 0 aliphatic heterocycles. The van der Waals surface area contributed by atoms with Crippen LogP contribution in [-0.2, 0) is 4.79 Å². The molecule has 2 heteroatoms. The molecule has 0 aromatic rings. The molecule has 0 saturated heterocycles. The van der Waals surface area contributed by atoms with Gasteiger partial charge in [0.2, 0.25) is 0 Å². The highest BCUT2D eigenvalue weighted by atomic mass is 16.1. The van der Waals surface area contributed by atoms with Gasteiger partial charge in [0.05, 0.1) is 20.3 Å². The number of quaternary nitrogens is 1. The smallest absolute Gasteiger partial charge is 0.161 e. The normalized spacial score (nSPS) is 40.9. The number of ketones is 1. The van der Waals surface area contributed by atoms with Crippen molar-refractivity contribution in [2.45, 2.75) is 38.5 Å². The van der Waals surface area contributed by atoms with Crippen LogP contribution in [0.15, 0.2) is 24.4 Å². The topological polar surface area (TPSA) is 21.5 Å². The van der Waals surface area contributed by atoms with Crippen LogP contribution in [0.4, 0.5) is 0 Å². The summed E-state index contributed by atoms with van der Waals surface area (Å²) in [6.07, 6.45) is 15.6. The third kappa shape index (κ3) is 2.55. The van der Waals surface area contributed by atoms with Gasteiger partial charge in [-0.05, 0) is 68.4 Å². The van der Waals surface area contributed by atoms with E-state index in [2.05, 4.69) is 20.3 Å². The maximum absolute atomic E-state index is 12.6. The molecule has 4 fully saturated rings.